The van der Waals surface area contributed by atoms with E-state index in [4.69, 9.17) is 10.2 Å². The molecule has 2 aromatic rings. The third-order valence-electron chi connectivity index (χ3n) is 2.96. The van der Waals surface area contributed by atoms with E-state index >= 15 is 0 Å². The maximum atomic E-state index is 6.07. The van der Waals surface area contributed by atoms with Gasteiger partial charge in [0.15, 0.2) is 0 Å². The highest BCUT2D eigenvalue weighted by molar-refractivity contribution is 5.11. The molecule has 4 nitrogen and oxygen atoms in total. The van der Waals surface area contributed by atoms with Crippen molar-refractivity contribution < 1.29 is 4.42 Å². The van der Waals surface area contributed by atoms with Crippen LogP contribution in [-0.4, -0.2) is 23.0 Å². The second kappa shape index (κ2) is 5.80. The Kier molecular flexibility index (Phi) is 4.12. The fourth-order valence-electron chi connectivity index (χ4n) is 2.22. The van der Waals surface area contributed by atoms with E-state index in [0.29, 0.717) is 0 Å². The molecule has 18 heavy (non-hydrogen) atoms. The molecule has 0 saturated heterocycles. The van der Waals surface area contributed by atoms with E-state index in [1.807, 2.05) is 38.4 Å². The van der Waals surface area contributed by atoms with Crippen molar-refractivity contribution in [2.45, 2.75) is 25.6 Å². The van der Waals surface area contributed by atoms with E-state index in [2.05, 4.69) is 16.0 Å². The van der Waals surface area contributed by atoms with E-state index in [9.17, 15) is 0 Å². The minimum atomic E-state index is -0.00202. The van der Waals surface area contributed by atoms with E-state index in [0.717, 1.165) is 17.9 Å². The second-order valence-electron chi connectivity index (χ2n) is 4.60. The summed E-state index contributed by atoms with van der Waals surface area (Å²) in [6.45, 7) is 2.79. The maximum absolute atomic E-state index is 6.07. The molecule has 2 heterocycles. The van der Waals surface area contributed by atoms with Crippen LogP contribution in [0.25, 0.3) is 0 Å². The summed E-state index contributed by atoms with van der Waals surface area (Å²) in [5, 5.41) is 0. The van der Waals surface area contributed by atoms with Crippen LogP contribution >= 0.6 is 0 Å². The molecule has 2 atom stereocenters. The lowest BCUT2D eigenvalue weighted by atomic mass is 10.1. The van der Waals surface area contributed by atoms with Crippen LogP contribution in [0.3, 0.4) is 0 Å². The van der Waals surface area contributed by atoms with Gasteiger partial charge in [-0.15, -0.1) is 0 Å². The van der Waals surface area contributed by atoms with Gasteiger partial charge in [-0.1, -0.05) is 6.07 Å². The number of furan rings is 1. The zero-order valence-corrected chi connectivity index (χ0v) is 10.8. The van der Waals surface area contributed by atoms with Gasteiger partial charge in [0.1, 0.15) is 5.76 Å². The van der Waals surface area contributed by atoms with Gasteiger partial charge in [0.05, 0.1) is 12.3 Å². The quantitative estimate of drug-likeness (QED) is 0.877. The lowest BCUT2D eigenvalue weighted by Gasteiger charge is -2.29. The largest absolute Gasteiger partial charge is 0.468 e. The Hall–Kier alpha value is -1.65. The van der Waals surface area contributed by atoms with Crippen LogP contribution in [0.15, 0.2) is 47.3 Å². The van der Waals surface area contributed by atoms with Crippen molar-refractivity contribution >= 4 is 0 Å². The molecule has 0 aliphatic heterocycles. The summed E-state index contributed by atoms with van der Waals surface area (Å²) in [7, 11) is 2.05. The monoisotopic (exact) mass is 245 g/mol. The van der Waals surface area contributed by atoms with Crippen LogP contribution in [0.5, 0.6) is 0 Å². The zero-order chi connectivity index (χ0) is 13.0. The van der Waals surface area contributed by atoms with Crippen molar-refractivity contribution in [2.75, 3.05) is 7.05 Å². The Morgan fingerprint density at radius 3 is 2.78 bits per heavy atom. The molecule has 96 valence electrons. The van der Waals surface area contributed by atoms with Crippen molar-refractivity contribution in [3.63, 3.8) is 0 Å². The van der Waals surface area contributed by atoms with Gasteiger partial charge in [-0.05, 0) is 37.7 Å². The third kappa shape index (κ3) is 2.97. The second-order valence-corrected chi connectivity index (χ2v) is 4.60. The molecule has 0 aliphatic rings. The Balaban J connectivity index is 2.12. The van der Waals surface area contributed by atoms with Crippen LogP contribution in [0.4, 0.5) is 0 Å². The smallest absolute Gasteiger partial charge is 0.122 e. The Bertz CT molecular complexity index is 453. The third-order valence-corrected chi connectivity index (χ3v) is 2.96. The maximum Gasteiger partial charge on any atom is 0.122 e. The molecule has 0 aliphatic carbocycles. The van der Waals surface area contributed by atoms with Gasteiger partial charge < -0.3 is 10.2 Å². The fraction of sp³-hybridized carbons (Fsp3) is 0.357. The molecule has 0 amide bonds. The highest BCUT2D eigenvalue weighted by atomic mass is 16.3. The highest BCUT2D eigenvalue weighted by Crippen LogP contribution is 2.24. The number of rotatable bonds is 5. The number of aromatic nitrogens is 1. The molecule has 0 radical (unpaired) electrons. The van der Waals surface area contributed by atoms with Crippen LogP contribution in [0, 0.1) is 0 Å². The van der Waals surface area contributed by atoms with Crippen LogP contribution in [-0.2, 0) is 6.54 Å². The SMILES string of the molecule is CC(N)C(c1ccco1)N(C)Cc1cccnc1. The molecular formula is C14H19N3O. The topological polar surface area (TPSA) is 55.3 Å². The molecule has 0 spiro atoms. The number of nitrogens with two attached hydrogens (primary N) is 1. The molecule has 2 unspecified atom stereocenters. The Morgan fingerprint density at radius 1 is 1.39 bits per heavy atom. The number of hydrogen-bond acceptors (Lipinski definition) is 4. The molecule has 2 rings (SSSR count). The van der Waals surface area contributed by atoms with Crippen molar-refractivity contribution in [3.8, 4) is 0 Å². The predicted molar refractivity (Wildman–Crippen MR) is 70.8 cm³/mol. The van der Waals surface area contributed by atoms with Gasteiger partial charge >= 0.3 is 0 Å². The standard InChI is InChI=1S/C14H19N3O/c1-11(15)14(13-6-4-8-18-13)17(2)10-12-5-3-7-16-9-12/h3-9,11,14H,10,15H2,1-2H3. The van der Waals surface area contributed by atoms with Crippen molar-refractivity contribution in [2.24, 2.45) is 5.73 Å². The van der Waals surface area contributed by atoms with E-state index in [-0.39, 0.29) is 12.1 Å². The molecule has 2 aromatic heterocycles. The normalized spacial score (nSPS) is 14.7. The van der Waals surface area contributed by atoms with Crippen LogP contribution < -0.4 is 5.73 Å². The average Bonchev–Trinajstić information content (AvgIpc) is 2.83. The summed E-state index contributed by atoms with van der Waals surface area (Å²) in [6.07, 6.45) is 5.33. The predicted octanol–water partition coefficient (Wildman–Crippen LogP) is 2.19. The molecule has 0 fully saturated rings. The van der Waals surface area contributed by atoms with E-state index in [1.54, 1.807) is 12.5 Å². The summed E-state index contributed by atoms with van der Waals surface area (Å²) in [5.41, 5.74) is 7.23. The molecular weight excluding hydrogens is 226 g/mol. The summed E-state index contributed by atoms with van der Waals surface area (Å²) < 4.78 is 5.48. The number of pyridine rings is 1. The molecule has 0 bridgehead atoms. The van der Waals surface area contributed by atoms with Gasteiger partial charge in [-0.2, -0.15) is 0 Å². The summed E-state index contributed by atoms with van der Waals surface area (Å²) >= 11 is 0. The fourth-order valence-corrected chi connectivity index (χ4v) is 2.22. The summed E-state index contributed by atoms with van der Waals surface area (Å²) in [5.74, 6) is 0.899. The van der Waals surface area contributed by atoms with Crippen molar-refractivity contribution in [3.05, 3.63) is 54.2 Å². The lowest BCUT2D eigenvalue weighted by molar-refractivity contribution is 0.184. The minimum Gasteiger partial charge on any atom is -0.468 e. The Morgan fingerprint density at radius 2 is 2.22 bits per heavy atom. The van der Waals surface area contributed by atoms with Crippen molar-refractivity contribution in [1.82, 2.24) is 9.88 Å². The zero-order valence-electron chi connectivity index (χ0n) is 10.8. The molecule has 2 N–H and O–H groups in total. The van der Waals surface area contributed by atoms with Gasteiger partial charge in [0.25, 0.3) is 0 Å². The number of hydrogen-bond donors (Lipinski definition) is 1. The summed E-state index contributed by atoms with van der Waals surface area (Å²) in [4.78, 5) is 6.30. The lowest BCUT2D eigenvalue weighted by Crippen LogP contribution is -2.36. The molecule has 4 heteroatoms. The van der Waals surface area contributed by atoms with Crippen LogP contribution in [0.2, 0.25) is 0 Å². The Labute approximate surface area is 107 Å². The summed E-state index contributed by atoms with van der Waals surface area (Å²) in [6, 6.07) is 7.93. The van der Waals surface area contributed by atoms with E-state index in [1.165, 1.54) is 0 Å². The molecule has 0 saturated carbocycles. The first kappa shape index (κ1) is 12.8. The highest BCUT2D eigenvalue weighted by Gasteiger charge is 2.23. The first-order valence-electron chi connectivity index (χ1n) is 6.06. The van der Waals surface area contributed by atoms with Gasteiger partial charge in [-0.3, -0.25) is 9.88 Å². The first-order chi connectivity index (χ1) is 8.68. The van der Waals surface area contributed by atoms with Crippen LogP contribution in [0.1, 0.15) is 24.3 Å². The van der Waals surface area contributed by atoms with Gasteiger partial charge in [0.2, 0.25) is 0 Å². The first-order valence-corrected chi connectivity index (χ1v) is 6.06. The van der Waals surface area contributed by atoms with Gasteiger partial charge in [-0.25, -0.2) is 0 Å². The molecule has 0 aromatic carbocycles. The number of likely N-dealkylation sites (N-methyl/N-ethyl adjacent to an activating group) is 1. The average molecular weight is 245 g/mol. The van der Waals surface area contributed by atoms with Gasteiger partial charge in [0, 0.05) is 25.0 Å². The van der Waals surface area contributed by atoms with Crippen molar-refractivity contribution in [1.29, 1.82) is 0 Å². The number of nitrogens with zero attached hydrogens (tertiary/aromatic N) is 2. The van der Waals surface area contributed by atoms with E-state index < -0.39 is 0 Å². The minimum absolute atomic E-state index is 0.00202.